The molecule has 3 heteroatoms. The van der Waals surface area contributed by atoms with Gasteiger partial charge in [0, 0.05) is 11.2 Å². The van der Waals surface area contributed by atoms with Crippen molar-refractivity contribution in [2.24, 2.45) is 17.0 Å². The number of hydrogen-bond donors (Lipinski definition) is 2. The van der Waals surface area contributed by atoms with Gasteiger partial charge < -0.3 is 5.21 Å². The van der Waals surface area contributed by atoms with Crippen LogP contribution >= 0.6 is 12.6 Å². The number of nitrogens with zero attached hydrogens (tertiary/aromatic N) is 1. The highest BCUT2D eigenvalue weighted by molar-refractivity contribution is 7.81. The molecular weight excluding hydrogens is 230 g/mol. The molecule has 17 heavy (non-hydrogen) atoms. The quantitative estimate of drug-likeness (QED) is 0.335. The van der Waals surface area contributed by atoms with E-state index in [2.05, 4.69) is 5.16 Å². The van der Waals surface area contributed by atoms with E-state index in [9.17, 15) is 5.21 Å². The fourth-order valence-corrected chi connectivity index (χ4v) is 4.03. The summed E-state index contributed by atoms with van der Waals surface area (Å²) in [6.07, 6.45) is 12.9. The smallest absolute Gasteiger partial charge is 0.0731 e. The molecule has 2 saturated carbocycles. The molecule has 98 valence electrons. The lowest BCUT2D eigenvalue weighted by Gasteiger charge is -2.32. The first-order valence-electron chi connectivity index (χ1n) is 7.23. The van der Waals surface area contributed by atoms with E-state index in [4.69, 9.17) is 12.6 Å². The summed E-state index contributed by atoms with van der Waals surface area (Å²) in [6.45, 7) is 0. The Kier molecular flexibility index (Phi) is 5.20. The Morgan fingerprint density at radius 2 is 1.47 bits per heavy atom. The van der Waals surface area contributed by atoms with Crippen LogP contribution in [0, 0.1) is 11.8 Å². The molecular formula is C14H25NOS. The number of rotatable bonds is 3. The van der Waals surface area contributed by atoms with Gasteiger partial charge in [0.05, 0.1) is 5.71 Å². The maximum absolute atomic E-state index is 9.32. The van der Waals surface area contributed by atoms with Crippen LogP contribution in [0.5, 0.6) is 0 Å². The Morgan fingerprint density at radius 3 is 2.00 bits per heavy atom. The number of thiol groups is 1. The molecule has 0 heterocycles. The molecule has 1 N–H and O–H groups in total. The lowest BCUT2D eigenvalue weighted by atomic mass is 9.78. The van der Waals surface area contributed by atoms with E-state index >= 15 is 0 Å². The minimum Gasteiger partial charge on any atom is -0.411 e. The van der Waals surface area contributed by atoms with E-state index in [-0.39, 0.29) is 5.25 Å². The van der Waals surface area contributed by atoms with E-state index < -0.39 is 0 Å². The van der Waals surface area contributed by atoms with Crippen molar-refractivity contribution in [2.75, 3.05) is 0 Å². The summed E-state index contributed by atoms with van der Waals surface area (Å²) in [5.74, 6) is 1.14. The van der Waals surface area contributed by atoms with Crippen LogP contribution in [0.1, 0.15) is 64.2 Å². The van der Waals surface area contributed by atoms with E-state index in [1.54, 1.807) is 0 Å². The fourth-order valence-electron chi connectivity index (χ4n) is 3.47. The van der Waals surface area contributed by atoms with Crippen molar-refractivity contribution in [3.05, 3.63) is 0 Å². The number of oxime groups is 1. The van der Waals surface area contributed by atoms with Gasteiger partial charge in [0.1, 0.15) is 0 Å². The monoisotopic (exact) mass is 255 g/mol. The Hall–Kier alpha value is -0.180. The zero-order valence-electron chi connectivity index (χ0n) is 10.6. The van der Waals surface area contributed by atoms with Crippen LogP contribution < -0.4 is 0 Å². The minimum absolute atomic E-state index is 0.198. The van der Waals surface area contributed by atoms with Crippen molar-refractivity contribution < 1.29 is 5.21 Å². The second-order valence-electron chi connectivity index (χ2n) is 5.70. The summed E-state index contributed by atoms with van der Waals surface area (Å²) in [6, 6.07) is 0. The standard InChI is InChI=1S/C14H25NOS/c16-15-13(11-7-3-1-4-8-11)14(17)12-9-5-2-6-10-12/h11-12,14,16-17H,1-10H2. The van der Waals surface area contributed by atoms with E-state index in [0.717, 1.165) is 5.71 Å². The maximum atomic E-state index is 9.32. The van der Waals surface area contributed by atoms with Gasteiger partial charge in [-0.05, 0) is 31.6 Å². The lowest BCUT2D eigenvalue weighted by Crippen LogP contribution is -2.33. The van der Waals surface area contributed by atoms with Crippen LogP contribution in [0.4, 0.5) is 0 Å². The van der Waals surface area contributed by atoms with Gasteiger partial charge in [0.25, 0.3) is 0 Å². The normalized spacial score (nSPS) is 27.0. The molecule has 0 aromatic rings. The molecule has 0 aromatic heterocycles. The fraction of sp³-hybridized carbons (Fsp3) is 0.929. The summed E-state index contributed by atoms with van der Waals surface area (Å²) in [5.41, 5.74) is 0.986. The predicted molar refractivity (Wildman–Crippen MR) is 75.1 cm³/mol. The van der Waals surface area contributed by atoms with Gasteiger partial charge in [-0.15, -0.1) is 0 Å². The number of hydrogen-bond acceptors (Lipinski definition) is 3. The molecule has 0 amide bonds. The van der Waals surface area contributed by atoms with Crippen LogP contribution in [-0.4, -0.2) is 16.2 Å². The Morgan fingerprint density at radius 1 is 0.941 bits per heavy atom. The second kappa shape index (κ2) is 6.67. The summed E-state index contributed by atoms with van der Waals surface area (Å²) in [5, 5.41) is 13.1. The maximum Gasteiger partial charge on any atom is 0.0731 e. The van der Waals surface area contributed by atoms with Gasteiger partial charge in [0.2, 0.25) is 0 Å². The van der Waals surface area contributed by atoms with Gasteiger partial charge in [-0.2, -0.15) is 12.6 Å². The summed E-state index contributed by atoms with van der Waals surface area (Å²) >= 11 is 4.77. The average molecular weight is 255 g/mol. The van der Waals surface area contributed by atoms with Gasteiger partial charge >= 0.3 is 0 Å². The van der Waals surface area contributed by atoms with Crippen molar-refractivity contribution in [2.45, 2.75) is 69.5 Å². The van der Waals surface area contributed by atoms with Crippen molar-refractivity contribution in [3.63, 3.8) is 0 Å². The highest BCUT2D eigenvalue weighted by Crippen LogP contribution is 2.34. The Labute approximate surface area is 110 Å². The van der Waals surface area contributed by atoms with E-state index in [0.29, 0.717) is 11.8 Å². The largest absolute Gasteiger partial charge is 0.411 e. The summed E-state index contributed by atoms with van der Waals surface area (Å²) < 4.78 is 0. The van der Waals surface area contributed by atoms with Gasteiger partial charge in [0.15, 0.2) is 0 Å². The van der Waals surface area contributed by atoms with Gasteiger partial charge in [-0.1, -0.05) is 43.7 Å². The Balaban J connectivity index is 1.96. The Bertz CT molecular complexity index is 255. The molecule has 0 aromatic carbocycles. The van der Waals surface area contributed by atoms with Crippen molar-refractivity contribution in [1.29, 1.82) is 0 Å². The van der Waals surface area contributed by atoms with Gasteiger partial charge in [-0.25, -0.2) is 0 Å². The van der Waals surface area contributed by atoms with Crippen molar-refractivity contribution in [3.8, 4) is 0 Å². The molecule has 2 rings (SSSR count). The summed E-state index contributed by atoms with van der Waals surface area (Å²) in [4.78, 5) is 0. The highest BCUT2D eigenvalue weighted by Gasteiger charge is 2.30. The molecule has 1 atom stereocenters. The lowest BCUT2D eigenvalue weighted by molar-refractivity contribution is 0.300. The molecule has 2 aliphatic carbocycles. The molecule has 0 radical (unpaired) electrons. The molecule has 0 aliphatic heterocycles. The SMILES string of the molecule is ON=C(C1CCCCC1)C(S)C1CCCCC1. The van der Waals surface area contributed by atoms with Crippen LogP contribution in [0.15, 0.2) is 5.16 Å². The van der Waals surface area contributed by atoms with Crippen LogP contribution in [-0.2, 0) is 0 Å². The average Bonchev–Trinajstić information content (AvgIpc) is 2.42. The molecule has 1 unspecified atom stereocenters. The molecule has 2 aliphatic rings. The van der Waals surface area contributed by atoms with Crippen molar-refractivity contribution >= 4 is 18.3 Å². The third-order valence-electron chi connectivity index (χ3n) is 4.54. The van der Waals surface area contributed by atoms with Crippen LogP contribution in [0.25, 0.3) is 0 Å². The highest BCUT2D eigenvalue weighted by atomic mass is 32.1. The first kappa shape index (κ1) is 13.3. The van der Waals surface area contributed by atoms with Crippen molar-refractivity contribution in [1.82, 2.24) is 0 Å². The second-order valence-corrected chi connectivity index (χ2v) is 6.26. The molecule has 0 spiro atoms. The van der Waals surface area contributed by atoms with Gasteiger partial charge in [-0.3, -0.25) is 0 Å². The summed E-state index contributed by atoms with van der Waals surface area (Å²) in [7, 11) is 0. The molecule has 0 bridgehead atoms. The zero-order chi connectivity index (χ0) is 12.1. The molecule has 0 saturated heterocycles. The van der Waals surface area contributed by atoms with E-state index in [1.165, 1.54) is 64.2 Å². The topological polar surface area (TPSA) is 32.6 Å². The molecule has 2 nitrogen and oxygen atoms in total. The van der Waals surface area contributed by atoms with Crippen LogP contribution in [0.2, 0.25) is 0 Å². The van der Waals surface area contributed by atoms with Crippen LogP contribution in [0.3, 0.4) is 0 Å². The first-order valence-corrected chi connectivity index (χ1v) is 7.74. The third-order valence-corrected chi connectivity index (χ3v) is 5.22. The predicted octanol–water partition coefficient (Wildman–Crippen LogP) is 4.28. The van der Waals surface area contributed by atoms with E-state index in [1.807, 2.05) is 0 Å². The third kappa shape index (κ3) is 3.40. The first-order chi connectivity index (χ1) is 8.33. The zero-order valence-corrected chi connectivity index (χ0v) is 11.5. The minimum atomic E-state index is 0.198. The molecule has 2 fully saturated rings.